The second-order valence-corrected chi connectivity index (χ2v) is 5.49. The first kappa shape index (κ1) is 16.7. The van der Waals surface area contributed by atoms with Gasteiger partial charge in [-0.3, -0.25) is 0 Å². The fraction of sp³-hybridized carbons (Fsp3) is 0.143. The van der Waals surface area contributed by atoms with E-state index in [0.717, 1.165) is 0 Å². The van der Waals surface area contributed by atoms with Gasteiger partial charge in [0.2, 0.25) is 0 Å². The minimum absolute atomic E-state index is 0. The van der Waals surface area contributed by atoms with Gasteiger partial charge in [-0.2, -0.15) is 60.7 Å². The Hall–Kier alpha value is -1.65. The molecule has 0 aliphatic carbocycles. The van der Waals surface area contributed by atoms with Crippen molar-refractivity contribution in [3.8, 4) is 0 Å². The van der Waals surface area contributed by atoms with Gasteiger partial charge in [0.15, 0.2) is 0 Å². The number of hydrogen-bond acceptors (Lipinski definition) is 0. The molecule has 0 unspecified atom stereocenters. The molecule has 0 aromatic heterocycles. The molecule has 0 spiro atoms. The van der Waals surface area contributed by atoms with Gasteiger partial charge in [-0.05, 0) is 23.5 Å². The van der Waals surface area contributed by atoms with Crippen molar-refractivity contribution in [1.29, 1.82) is 0 Å². The Bertz CT molecular complexity index is 678. The molecule has 0 nitrogen and oxygen atoms in total. The number of benzene rings is 3. The molecule has 0 radical (unpaired) electrons. The van der Waals surface area contributed by atoms with Crippen molar-refractivity contribution in [3.63, 3.8) is 0 Å². The monoisotopic (exact) mass is 454 g/mol. The van der Waals surface area contributed by atoms with Crippen LogP contribution in [0.15, 0.2) is 72.8 Å². The summed E-state index contributed by atoms with van der Waals surface area (Å²) >= 11 is 0. The molecule has 0 saturated heterocycles. The predicted octanol–water partition coefficient (Wildman–Crippen LogP) is 4.95. The molecule has 0 aliphatic rings. The fourth-order valence-corrected chi connectivity index (χ4v) is 2.98. The average Bonchev–Trinajstić information content (AvgIpc) is 2.56. The van der Waals surface area contributed by atoms with E-state index in [1.165, 1.54) is 22.3 Å². The number of aryl methyl sites for hydroxylation is 1. The molecule has 0 N–H and O–H groups in total. The summed E-state index contributed by atoms with van der Waals surface area (Å²) in [5.41, 5.74) is 4.68. The van der Waals surface area contributed by atoms with Crippen LogP contribution in [0.3, 0.4) is 0 Å². The molecule has 0 aliphatic heterocycles. The SMILES string of the molecule is Cc1ccccc1C(C)(c1[c-]cccc1)c1[c-]cccc1.[W+2]. The van der Waals surface area contributed by atoms with E-state index in [-0.39, 0.29) is 26.5 Å². The predicted molar refractivity (Wildman–Crippen MR) is 87.3 cm³/mol. The summed E-state index contributed by atoms with van der Waals surface area (Å²) in [6, 6.07) is 31.8. The summed E-state index contributed by atoms with van der Waals surface area (Å²) in [5.74, 6) is 0. The third-order valence-electron chi connectivity index (χ3n) is 4.18. The maximum absolute atomic E-state index is 3.41. The van der Waals surface area contributed by atoms with Crippen LogP contribution in [0.4, 0.5) is 0 Å². The Morgan fingerprint density at radius 2 is 1.23 bits per heavy atom. The second-order valence-electron chi connectivity index (χ2n) is 5.49. The van der Waals surface area contributed by atoms with Gasteiger partial charge in [-0.25, -0.2) is 0 Å². The van der Waals surface area contributed by atoms with Gasteiger partial charge < -0.3 is 0 Å². The van der Waals surface area contributed by atoms with Crippen molar-refractivity contribution in [2.45, 2.75) is 19.3 Å². The van der Waals surface area contributed by atoms with Crippen LogP contribution in [0.2, 0.25) is 0 Å². The van der Waals surface area contributed by atoms with Crippen molar-refractivity contribution < 1.29 is 21.1 Å². The van der Waals surface area contributed by atoms with Gasteiger partial charge >= 0.3 is 21.1 Å². The van der Waals surface area contributed by atoms with E-state index in [1.54, 1.807) is 0 Å². The molecule has 0 heterocycles. The van der Waals surface area contributed by atoms with Crippen LogP contribution in [-0.4, -0.2) is 0 Å². The Kier molecular flexibility index (Phi) is 5.37. The van der Waals surface area contributed by atoms with Crippen LogP contribution in [-0.2, 0) is 26.5 Å². The van der Waals surface area contributed by atoms with Crippen molar-refractivity contribution in [2.24, 2.45) is 0 Å². The number of rotatable bonds is 3. The smallest absolute Gasteiger partial charge is 0.179 e. The largest absolute Gasteiger partial charge is 2.00 e. The molecule has 0 atom stereocenters. The Morgan fingerprint density at radius 1 is 0.727 bits per heavy atom. The van der Waals surface area contributed by atoms with E-state index < -0.39 is 0 Å². The van der Waals surface area contributed by atoms with Gasteiger partial charge in [0.05, 0.1) is 0 Å². The molecular formula is C21H18W. The summed E-state index contributed by atoms with van der Waals surface area (Å²) in [4.78, 5) is 0. The average molecular weight is 454 g/mol. The summed E-state index contributed by atoms with van der Waals surface area (Å²) in [6.07, 6.45) is 0. The molecule has 3 rings (SSSR count). The van der Waals surface area contributed by atoms with Crippen LogP contribution in [0.1, 0.15) is 29.2 Å². The van der Waals surface area contributed by atoms with Crippen LogP contribution in [0.5, 0.6) is 0 Å². The minimum atomic E-state index is -0.242. The Balaban J connectivity index is 0.00000176. The molecule has 0 amide bonds. The number of hydrogen-bond donors (Lipinski definition) is 0. The van der Waals surface area contributed by atoms with E-state index in [0.29, 0.717) is 0 Å². The maximum atomic E-state index is 3.41. The van der Waals surface area contributed by atoms with Crippen molar-refractivity contribution >= 4 is 0 Å². The molecule has 22 heavy (non-hydrogen) atoms. The molecule has 0 bridgehead atoms. The molecule has 1 heteroatoms. The molecule has 3 aromatic rings. The molecule has 0 saturated carbocycles. The molecule has 0 fully saturated rings. The zero-order valence-corrected chi connectivity index (χ0v) is 15.8. The summed E-state index contributed by atoms with van der Waals surface area (Å²) in [5, 5.41) is 0. The van der Waals surface area contributed by atoms with Crippen molar-refractivity contribution in [2.75, 3.05) is 0 Å². The minimum Gasteiger partial charge on any atom is -0.179 e. The standard InChI is InChI=1S/C21H18.W/c1-17-11-9-10-16-20(17)21(2,18-12-5-3-6-13-18)19-14-7-4-8-15-19;/h3-12,14,16H,1-2H3;/q-2;+2. The van der Waals surface area contributed by atoms with Crippen LogP contribution in [0.25, 0.3) is 0 Å². The topological polar surface area (TPSA) is 0 Å². The quantitative estimate of drug-likeness (QED) is 0.389. The molecule has 108 valence electrons. The normalized spacial score (nSPS) is 10.8. The van der Waals surface area contributed by atoms with Crippen LogP contribution in [0, 0.1) is 19.1 Å². The third-order valence-corrected chi connectivity index (χ3v) is 4.18. The van der Waals surface area contributed by atoms with Gasteiger partial charge in [0.1, 0.15) is 0 Å². The summed E-state index contributed by atoms with van der Waals surface area (Å²) in [7, 11) is 0. The first-order valence-corrected chi connectivity index (χ1v) is 7.23. The summed E-state index contributed by atoms with van der Waals surface area (Å²) < 4.78 is 0. The first-order chi connectivity index (χ1) is 10.2. The summed E-state index contributed by atoms with van der Waals surface area (Å²) in [6.45, 7) is 4.42. The van der Waals surface area contributed by atoms with E-state index in [4.69, 9.17) is 0 Å². The first-order valence-electron chi connectivity index (χ1n) is 7.23. The second kappa shape index (κ2) is 7.07. The van der Waals surface area contributed by atoms with Gasteiger partial charge in [0.25, 0.3) is 0 Å². The van der Waals surface area contributed by atoms with Gasteiger partial charge in [-0.15, -0.1) is 11.1 Å². The van der Waals surface area contributed by atoms with Crippen LogP contribution >= 0.6 is 0 Å². The molecular weight excluding hydrogens is 436 g/mol. The van der Waals surface area contributed by atoms with E-state index in [2.05, 4.69) is 74.5 Å². The van der Waals surface area contributed by atoms with E-state index in [1.807, 2.05) is 24.3 Å². The third kappa shape index (κ3) is 2.94. The zero-order chi connectivity index (χ0) is 14.7. The fourth-order valence-electron chi connectivity index (χ4n) is 2.98. The Morgan fingerprint density at radius 3 is 1.68 bits per heavy atom. The van der Waals surface area contributed by atoms with Crippen LogP contribution < -0.4 is 0 Å². The maximum Gasteiger partial charge on any atom is 2.00 e. The zero-order valence-electron chi connectivity index (χ0n) is 12.8. The van der Waals surface area contributed by atoms with Crippen molar-refractivity contribution in [3.05, 3.63) is 107 Å². The van der Waals surface area contributed by atoms with E-state index in [9.17, 15) is 0 Å². The van der Waals surface area contributed by atoms with Crippen molar-refractivity contribution in [1.82, 2.24) is 0 Å². The Labute approximate surface area is 147 Å². The van der Waals surface area contributed by atoms with E-state index >= 15 is 0 Å². The molecule has 3 aromatic carbocycles. The van der Waals surface area contributed by atoms with Gasteiger partial charge in [0, 0.05) is 0 Å². The van der Waals surface area contributed by atoms with Gasteiger partial charge in [-0.1, -0.05) is 31.2 Å².